The number of benzene rings is 7. The van der Waals surface area contributed by atoms with E-state index in [-0.39, 0.29) is 12.0 Å². The van der Waals surface area contributed by atoms with E-state index in [1.165, 1.54) is 42.9 Å². The zero-order chi connectivity index (χ0) is 36.0. The third-order valence-electron chi connectivity index (χ3n) is 11.4. The second-order valence-corrected chi connectivity index (χ2v) is 15.5. The summed E-state index contributed by atoms with van der Waals surface area (Å²) in [5.41, 5.74) is 11.0. The van der Waals surface area contributed by atoms with E-state index in [0.717, 1.165) is 60.8 Å². The number of rotatable bonds is 4. The molecule has 0 fully saturated rings. The van der Waals surface area contributed by atoms with Gasteiger partial charge in [0.1, 0.15) is 11.9 Å². The summed E-state index contributed by atoms with van der Waals surface area (Å²) in [6, 6.07) is 56.4. The van der Waals surface area contributed by atoms with Crippen molar-refractivity contribution < 1.29 is 4.74 Å². The number of aromatic nitrogens is 3. The molecule has 0 N–H and O–H groups in total. The first-order valence-electron chi connectivity index (χ1n) is 18.7. The summed E-state index contributed by atoms with van der Waals surface area (Å²) in [7, 11) is 0. The first kappa shape index (κ1) is 30.6. The van der Waals surface area contributed by atoms with Crippen molar-refractivity contribution in [2.75, 3.05) is 0 Å². The summed E-state index contributed by atoms with van der Waals surface area (Å²) in [4.78, 5) is 10.8. The van der Waals surface area contributed by atoms with E-state index in [9.17, 15) is 0 Å². The summed E-state index contributed by atoms with van der Waals surface area (Å²) in [6.45, 7) is 0. The van der Waals surface area contributed by atoms with Gasteiger partial charge in [0, 0.05) is 42.9 Å². The lowest BCUT2D eigenvalue weighted by atomic mass is 9.84. The molecule has 2 unspecified atom stereocenters. The topological polar surface area (TPSA) is 39.9 Å². The molecule has 4 nitrogen and oxygen atoms in total. The molecular formula is C50H31N3OS. The fraction of sp³-hybridized carbons (Fsp3) is 0.0400. The molecule has 7 aromatic carbocycles. The van der Waals surface area contributed by atoms with Gasteiger partial charge in [-0.05, 0) is 40.8 Å². The molecule has 258 valence electrons. The first-order chi connectivity index (χ1) is 27.3. The molecular weight excluding hydrogens is 691 g/mol. The fourth-order valence-electron chi connectivity index (χ4n) is 8.90. The molecule has 5 heteroatoms. The first-order valence-corrected chi connectivity index (χ1v) is 19.5. The van der Waals surface area contributed by atoms with Crippen molar-refractivity contribution >= 4 is 69.8 Å². The molecule has 2 atom stereocenters. The quantitative estimate of drug-likeness (QED) is 0.182. The SMILES string of the molecule is C1=CC2Oc3c(cccc3-n3c4ccccc4c4ccc5ccccc5c43)C2C(c2nc(-c3ccc(-c4ccccc4)cc3)c3sc4ccccc4c3n2)=C1. The van der Waals surface area contributed by atoms with Crippen LogP contribution in [0, 0.1) is 0 Å². The van der Waals surface area contributed by atoms with E-state index >= 15 is 0 Å². The number of fused-ring (bicyclic) bond motifs is 11. The van der Waals surface area contributed by atoms with Crippen LogP contribution >= 0.6 is 11.3 Å². The summed E-state index contributed by atoms with van der Waals surface area (Å²) in [5.74, 6) is 1.58. The third-order valence-corrected chi connectivity index (χ3v) is 12.6. The highest BCUT2D eigenvalue weighted by atomic mass is 32.1. The van der Waals surface area contributed by atoms with E-state index in [0.29, 0.717) is 0 Å². The van der Waals surface area contributed by atoms with Crippen LogP contribution in [0.3, 0.4) is 0 Å². The van der Waals surface area contributed by atoms with Crippen molar-refractivity contribution in [3.63, 3.8) is 0 Å². The standard InChI is InChI=1S/C50H31N3OS/c1-2-12-30(13-3-1)31-24-26-33(27-25-31)45-49-46(37-17-7-9-23-43(37)55-49)52-50(51-45)39-19-11-22-42-44(39)38-18-10-21-41(48(38)54-42)53-40-20-8-6-16-35(40)36-29-28-32-14-4-5-15-34(32)47(36)53/h1-29,42,44H. The molecule has 55 heavy (non-hydrogen) atoms. The van der Waals surface area contributed by atoms with Gasteiger partial charge in [-0.1, -0.05) is 152 Å². The maximum Gasteiger partial charge on any atom is 0.157 e. The lowest BCUT2D eigenvalue weighted by Crippen LogP contribution is -2.20. The predicted octanol–water partition coefficient (Wildman–Crippen LogP) is 12.9. The number of ether oxygens (including phenoxy) is 1. The van der Waals surface area contributed by atoms with Crippen molar-refractivity contribution in [3.05, 3.63) is 187 Å². The maximum absolute atomic E-state index is 7.04. The minimum Gasteiger partial charge on any atom is -0.483 e. The molecule has 1 aliphatic heterocycles. The van der Waals surface area contributed by atoms with Crippen LogP contribution in [0.1, 0.15) is 17.3 Å². The Bertz CT molecular complexity index is 3240. The van der Waals surface area contributed by atoms with Gasteiger partial charge >= 0.3 is 0 Å². The molecule has 2 aliphatic rings. The van der Waals surface area contributed by atoms with Crippen molar-refractivity contribution in [3.8, 4) is 33.8 Å². The van der Waals surface area contributed by atoms with Crippen molar-refractivity contribution in [1.82, 2.24) is 14.5 Å². The van der Waals surface area contributed by atoms with Gasteiger partial charge < -0.3 is 9.30 Å². The minimum atomic E-state index is -0.187. The van der Waals surface area contributed by atoms with E-state index < -0.39 is 0 Å². The highest BCUT2D eigenvalue weighted by Gasteiger charge is 2.40. The highest BCUT2D eigenvalue weighted by molar-refractivity contribution is 7.26. The van der Waals surface area contributed by atoms with Crippen LogP contribution in [0.2, 0.25) is 0 Å². The van der Waals surface area contributed by atoms with Crippen molar-refractivity contribution in [2.24, 2.45) is 0 Å². The van der Waals surface area contributed by atoms with Crippen LogP contribution in [0.5, 0.6) is 5.75 Å². The number of thiophene rings is 1. The molecule has 10 aromatic rings. The van der Waals surface area contributed by atoms with Crippen molar-refractivity contribution in [2.45, 2.75) is 12.0 Å². The Labute approximate surface area is 320 Å². The van der Waals surface area contributed by atoms with Gasteiger partial charge in [0.15, 0.2) is 5.82 Å². The lowest BCUT2D eigenvalue weighted by Gasteiger charge is -2.22. The molecule has 0 saturated carbocycles. The van der Waals surface area contributed by atoms with E-state index in [2.05, 4.69) is 181 Å². The average Bonchev–Trinajstić information content (AvgIpc) is 3.94. The van der Waals surface area contributed by atoms with Gasteiger partial charge in [-0.15, -0.1) is 11.3 Å². The van der Waals surface area contributed by atoms with Crippen LogP contribution in [0.15, 0.2) is 176 Å². The Balaban J connectivity index is 1.04. The Morgan fingerprint density at radius 1 is 0.582 bits per heavy atom. The van der Waals surface area contributed by atoms with Gasteiger partial charge in [-0.2, -0.15) is 0 Å². The Kier molecular flexibility index (Phi) is 6.59. The third kappa shape index (κ3) is 4.57. The van der Waals surface area contributed by atoms with Gasteiger partial charge in [-0.3, -0.25) is 0 Å². The zero-order valence-corrected chi connectivity index (χ0v) is 30.4. The van der Waals surface area contributed by atoms with Gasteiger partial charge in [0.05, 0.1) is 38.5 Å². The van der Waals surface area contributed by atoms with Gasteiger partial charge in [0.25, 0.3) is 0 Å². The fourth-order valence-corrected chi connectivity index (χ4v) is 10.1. The molecule has 0 bridgehead atoms. The molecule has 0 amide bonds. The highest BCUT2D eigenvalue weighted by Crippen LogP contribution is 2.52. The molecule has 0 radical (unpaired) electrons. The summed E-state index contributed by atoms with van der Waals surface area (Å²) in [5, 5.41) is 6.05. The smallest absolute Gasteiger partial charge is 0.157 e. The second-order valence-electron chi connectivity index (χ2n) is 14.4. The molecule has 12 rings (SSSR count). The van der Waals surface area contributed by atoms with Gasteiger partial charge in [-0.25, -0.2) is 9.97 Å². The van der Waals surface area contributed by atoms with Crippen molar-refractivity contribution in [1.29, 1.82) is 0 Å². The maximum atomic E-state index is 7.04. The van der Waals surface area contributed by atoms with Crippen LogP contribution < -0.4 is 4.74 Å². The number of allylic oxidation sites excluding steroid dienone is 2. The average molecular weight is 722 g/mol. The summed E-state index contributed by atoms with van der Waals surface area (Å²) >= 11 is 1.76. The number of nitrogens with zero attached hydrogens (tertiary/aromatic N) is 3. The second kappa shape index (κ2) is 11.8. The molecule has 1 aliphatic carbocycles. The minimum absolute atomic E-state index is 0.0690. The van der Waals surface area contributed by atoms with Crippen LogP contribution in [0.4, 0.5) is 0 Å². The monoisotopic (exact) mass is 721 g/mol. The van der Waals surface area contributed by atoms with E-state index in [1.54, 1.807) is 11.3 Å². The number of hydrogen-bond donors (Lipinski definition) is 0. The molecule has 4 heterocycles. The van der Waals surface area contributed by atoms with E-state index in [1.807, 2.05) is 0 Å². The van der Waals surface area contributed by atoms with Gasteiger partial charge in [0.2, 0.25) is 0 Å². The zero-order valence-electron chi connectivity index (χ0n) is 29.6. The molecule has 3 aromatic heterocycles. The normalized spacial score (nSPS) is 16.2. The van der Waals surface area contributed by atoms with Crippen LogP contribution in [0.25, 0.3) is 86.5 Å². The summed E-state index contributed by atoms with van der Waals surface area (Å²) < 4.78 is 11.8. The van der Waals surface area contributed by atoms with E-state index in [4.69, 9.17) is 14.7 Å². The van der Waals surface area contributed by atoms with Crippen LogP contribution in [-0.4, -0.2) is 20.6 Å². The summed E-state index contributed by atoms with van der Waals surface area (Å²) in [6.07, 6.45) is 6.30. The number of para-hydroxylation sites is 2. The predicted molar refractivity (Wildman–Crippen MR) is 228 cm³/mol. The Hall–Kier alpha value is -6.82. The molecule has 0 spiro atoms. The lowest BCUT2D eigenvalue weighted by molar-refractivity contribution is 0.271. The number of hydrogen-bond acceptors (Lipinski definition) is 4. The Morgan fingerprint density at radius 3 is 2.22 bits per heavy atom. The largest absolute Gasteiger partial charge is 0.483 e. The molecule has 0 saturated heterocycles. The Morgan fingerprint density at radius 2 is 1.33 bits per heavy atom. The van der Waals surface area contributed by atoms with Crippen LogP contribution in [-0.2, 0) is 0 Å².